The second-order valence-corrected chi connectivity index (χ2v) is 7.28. The molecule has 1 aliphatic heterocycles. The molecule has 2 aromatic heterocycles. The van der Waals surface area contributed by atoms with Gasteiger partial charge < -0.3 is 14.3 Å². The number of carbonyl (C=O) groups is 1. The standard InChI is InChI=1S/C19H26N4O2/c1-14-19-21-16(10-18(24)20-11-17-6-3-9-25-17)13-23(19)8-7-22(14)12-15-4-2-5-15/h3,6,9,13-15H,2,4-5,7-8,10-12H2,1H3,(H,20,24)/t14-/m0/s1. The first-order valence-electron chi connectivity index (χ1n) is 9.28. The quantitative estimate of drug-likeness (QED) is 0.876. The van der Waals surface area contributed by atoms with Gasteiger partial charge in [-0.2, -0.15) is 0 Å². The van der Waals surface area contributed by atoms with E-state index in [1.807, 2.05) is 18.3 Å². The molecule has 0 radical (unpaired) electrons. The predicted molar refractivity (Wildman–Crippen MR) is 93.8 cm³/mol. The Labute approximate surface area is 148 Å². The molecule has 0 unspecified atom stereocenters. The van der Waals surface area contributed by atoms with Gasteiger partial charge in [0.05, 0.1) is 31.0 Å². The summed E-state index contributed by atoms with van der Waals surface area (Å²) in [4.78, 5) is 19.4. The molecule has 1 N–H and O–H groups in total. The van der Waals surface area contributed by atoms with Gasteiger partial charge in [-0.1, -0.05) is 6.42 Å². The van der Waals surface area contributed by atoms with Crippen molar-refractivity contribution < 1.29 is 9.21 Å². The molecule has 6 nitrogen and oxygen atoms in total. The van der Waals surface area contributed by atoms with E-state index in [0.29, 0.717) is 19.0 Å². The molecule has 1 saturated carbocycles. The third-order valence-corrected chi connectivity index (χ3v) is 5.51. The highest BCUT2D eigenvalue weighted by Crippen LogP contribution is 2.32. The lowest BCUT2D eigenvalue weighted by Crippen LogP contribution is -2.41. The Morgan fingerprint density at radius 1 is 1.40 bits per heavy atom. The van der Waals surface area contributed by atoms with Gasteiger partial charge in [-0.25, -0.2) is 4.98 Å². The minimum absolute atomic E-state index is 0.0224. The number of amides is 1. The summed E-state index contributed by atoms with van der Waals surface area (Å²) in [7, 11) is 0. The lowest BCUT2D eigenvalue weighted by atomic mass is 9.84. The highest BCUT2D eigenvalue weighted by atomic mass is 16.3. The van der Waals surface area contributed by atoms with Crippen molar-refractivity contribution >= 4 is 5.91 Å². The normalized spacial score (nSPS) is 20.9. The average Bonchev–Trinajstić information content (AvgIpc) is 3.20. The zero-order chi connectivity index (χ0) is 17.2. The van der Waals surface area contributed by atoms with Gasteiger partial charge in [0.15, 0.2) is 0 Å². The van der Waals surface area contributed by atoms with Crippen LogP contribution in [0, 0.1) is 5.92 Å². The van der Waals surface area contributed by atoms with Crippen LogP contribution in [0.3, 0.4) is 0 Å². The van der Waals surface area contributed by atoms with E-state index in [-0.39, 0.29) is 5.91 Å². The predicted octanol–water partition coefficient (Wildman–Crippen LogP) is 2.51. The summed E-state index contributed by atoms with van der Waals surface area (Å²) in [5.74, 6) is 2.71. The number of fused-ring (bicyclic) bond motifs is 1. The minimum Gasteiger partial charge on any atom is -0.467 e. The summed E-state index contributed by atoms with van der Waals surface area (Å²) < 4.78 is 7.45. The first-order chi connectivity index (χ1) is 12.2. The largest absolute Gasteiger partial charge is 0.467 e. The maximum absolute atomic E-state index is 12.1. The van der Waals surface area contributed by atoms with Gasteiger partial charge >= 0.3 is 0 Å². The lowest BCUT2D eigenvalue weighted by molar-refractivity contribution is -0.120. The van der Waals surface area contributed by atoms with Crippen LogP contribution >= 0.6 is 0 Å². The van der Waals surface area contributed by atoms with Crippen molar-refractivity contribution in [3.8, 4) is 0 Å². The number of carbonyl (C=O) groups excluding carboxylic acids is 1. The fourth-order valence-electron chi connectivity index (χ4n) is 3.76. The summed E-state index contributed by atoms with van der Waals surface area (Å²) in [5, 5.41) is 2.88. The number of rotatable bonds is 6. The van der Waals surface area contributed by atoms with Gasteiger partial charge in [0.1, 0.15) is 11.6 Å². The Bertz CT molecular complexity index is 718. The van der Waals surface area contributed by atoms with Crippen molar-refractivity contribution in [2.75, 3.05) is 13.1 Å². The Morgan fingerprint density at radius 2 is 2.28 bits per heavy atom. The molecule has 2 aliphatic rings. The molecule has 1 atom stereocenters. The van der Waals surface area contributed by atoms with Gasteiger partial charge in [0, 0.05) is 25.8 Å². The molecule has 134 valence electrons. The first-order valence-corrected chi connectivity index (χ1v) is 9.28. The van der Waals surface area contributed by atoms with Gasteiger partial charge in [-0.05, 0) is 37.8 Å². The minimum atomic E-state index is -0.0224. The van der Waals surface area contributed by atoms with Crippen molar-refractivity contribution in [1.29, 1.82) is 0 Å². The van der Waals surface area contributed by atoms with E-state index in [1.54, 1.807) is 6.26 Å². The first kappa shape index (κ1) is 16.4. The van der Waals surface area contributed by atoms with E-state index in [9.17, 15) is 4.79 Å². The third-order valence-electron chi connectivity index (χ3n) is 5.51. The third kappa shape index (κ3) is 3.63. The van der Waals surface area contributed by atoms with Gasteiger partial charge in [0.2, 0.25) is 5.91 Å². The fraction of sp³-hybridized carbons (Fsp3) is 0.579. The van der Waals surface area contributed by atoms with Crippen LogP contribution in [-0.4, -0.2) is 33.4 Å². The Balaban J connectivity index is 1.35. The molecule has 1 aliphatic carbocycles. The summed E-state index contributed by atoms with van der Waals surface area (Å²) in [6.07, 6.45) is 8.10. The number of hydrogen-bond acceptors (Lipinski definition) is 4. The zero-order valence-corrected chi connectivity index (χ0v) is 14.8. The number of furan rings is 1. The SMILES string of the molecule is C[C@H]1c2nc(CC(=O)NCc3ccco3)cn2CCN1CC1CCC1. The second kappa shape index (κ2) is 7.04. The number of nitrogens with one attached hydrogen (secondary N) is 1. The van der Waals surface area contributed by atoms with Crippen molar-refractivity contribution in [2.24, 2.45) is 5.92 Å². The van der Waals surface area contributed by atoms with Gasteiger partial charge in [-0.3, -0.25) is 9.69 Å². The smallest absolute Gasteiger partial charge is 0.226 e. The molecular weight excluding hydrogens is 316 g/mol. The monoisotopic (exact) mass is 342 g/mol. The van der Waals surface area contributed by atoms with Crippen molar-refractivity contribution in [3.63, 3.8) is 0 Å². The number of nitrogens with zero attached hydrogens (tertiary/aromatic N) is 3. The molecule has 3 heterocycles. The van der Waals surface area contributed by atoms with E-state index in [2.05, 4.69) is 21.7 Å². The number of imidazole rings is 1. The van der Waals surface area contributed by atoms with E-state index >= 15 is 0 Å². The van der Waals surface area contributed by atoms with E-state index in [1.165, 1.54) is 25.8 Å². The molecular formula is C19H26N4O2. The van der Waals surface area contributed by atoms with Crippen LogP contribution in [0.25, 0.3) is 0 Å². The fourth-order valence-corrected chi connectivity index (χ4v) is 3.76. The van der Waals surface area contributed by atoms with Crippen LogP contribution in [0.1, 0.15) is 49.5 Å². The summed E-state index contributed by atoms with van der Waals surface area (Å²) in [6, 6.07) is 4.00. The topological polar surface area (TPSA) is 63.3 Å². The summed E-state index contributed by atoms with van der Waals surface area (Å²) >= 11 is 0. The van der Waals surface area contributed by atoms with Crippen molar-refractivity contribution in [3.05, 3.63) is 41.9 Å². The Morgan fingerprint density at radius 3 is 3.00 bits per heavy atom. The van der Waals surface area contributed by atoms with Crippen LogP contribution in [0.2, 0.25) is 0 Å². The number of aromatic nitrogens is 2. The van der Waals surface area contributed by atoms with Crippen LogP contribution in [0.15, 0.2) is 29.0 Å². The molecule has 4 rings (SSSR count). The zero-order valence-electron chi connectivity index (χ0n) is 14.8. The summed E-state index contributed by atoms with van der Waals surface area (Å²) in [6.45, 7) is 5.88. The molecule has 0 bridgehead atoms. The van der Waals surface area contributed by atoms with Gasteiger partial charge in [-0.15, -0.1) is 0 Å². The van der Waals surface area contributed by atoms with E-state index in [0.717, 1.165) is 36.3 Å². The maximum Gasteiger partial charge on any atom is 0.226 e. The Hall–Kier alpha value is -2.08. The second-order valence-electron chi connectivity index (χ2n) is 7.28. The molecule has 1 amide bonds. The van der Waals surface area contributed by atoms with E-state index < -0.39 is 0 Å². The van der Waals surface area contributed by atoms with Crippen LogP contribution in [-0.2, 0) is 24.3 Å². The molecule has 0 aromatic carbocycles. The average molecular weight is 342 g/mol. The molecule has 0 saturated heterocycles. The number of hydrogen-bond donors (Lipinski definition) is 1. The molecule has 1 fully saturated rings. The molecule has 25 heavy (non-hydrogen) atoms. The molecule has 6 heteroatoms. The van der Waals surface area contributed by atoms with Gasteiger partial charge in [0.25, 0.3) is 0 Å². The van der Waals surface area contributed by atoms with Crippen LogP contribution in [0.4, 0.5) is 0 Å². The lowest BCUT2D eigenvalue weighted by Gasteiger charge is -2.38. The van der Waals surface area contributed by atoms with Crippen molar-refractivity contribution in [1.82, 2.24) is 19.8 Å². The highest BCUT2D eigenvalue weighted by Gasteiger charge is 2.29. The Kier molecular flexibility index (Phi) is 4.61. The van der Waals surface area contributed by atoms with Crippen LogP contribution in [0.5, 0.6) is 0 Å². The highest BCUT2D eigenvalue weighted by molar-refractivity contribution is 5.77. The van der Waals surface area contributed by atoms with E-state index in [4.69, 9.17) is 9.40 Å². The molecule has 2 aromatic rings. The summed E-state index contributed by atoms with van der Waals surface area (Å²) in [5.41, 5.74) is 0.851. The molecule has 0 spiro atoms. The van der Waals surface area contributed by atoms with Crippen LogP contribution < -0.4 is 5.32 Å². The van der Waals surface area contributed by atoms with Crippen molar-refractivity contribution in [2.45, 2.75) is 51.7 Å². The maximum atomic E-state index is 12.1.